The van der Waals surface area contributed by atoms with Crippen molar-refractivity contribution < 1.29 is 9.84 Å². The molecular formula is C16H27NO2. The van der Waals surface area contributed by atoms with E-state index < -0.39 is 6.10 Å². The molecule has 2 atom stereocenters. The van der Waals surface area contributed by atoms with Gasteiger partial charge in [0.1, 0.15) is 0 Å². The van der Waals surface area contributed by atoms with Crippen LogP contribution in [0.3, 0.4) is 0 Å². The average Bonchev–Trinajstić information content (AvgIpc) is 2.33. The van der Waals surface area contributed by atoms with Gasteiger partial charge in [0.15, 0.2) is 0 Å². The minimum Gasteiger partial charge on any atom is -0.387 e. The van der Waals surface area contributed by atoms with E-state index in [0.717, 1.165) is 36.3 Å². The summed E-state index contributed by atoms with van der Waals surface area (Å²) in [6.07, 6.45) is 0.488. The Morgan fingerprint density at radius 3 is 2.32 bits per heavy atom. The van der Waals surface area contributed by atoms with Crippen LogP contribution in [-0.4, -0.2) is 31.4 Å². The SMILES string of the molecule is COCCCNC(C)C(O)c1c(C)cc(C)cc1C. The van der Waals surface area contributed by atoms with E-state index in [4.69, 9.17) is 4.74 Å². The van der Waals surface area contributed by atoms with E-state index >= 15 is 0 Å². The van der Waals surface area contributed by atoms with E-state index in [2.05, 4.69) is 38.2 Å². The third kappa shape index (κ3) is 4.60. The standard InChI is InChI=1S/C16H27NO2/c1-11-9-12(2)15(13(3)10-11)16(18)14(4)17-7-6-8-19-5/h9-10,14,16-18H,6-8H2,1-5H3. The zero-order chi connectivity index (χ0) is 14.4. The molecule has 19 heavy (non-hydrogen) atoms. The highest BCUT2D eigenvalue weighted by molar-refractivity contribution is 5.39. The first-order valence-electron chi connectivity index (χ1n) is 6.95. The fourth-order valence-electron chi connectivity index (χ4n) is 2.57. The predicted molar refractivity (Wildman–Crippen MR) is 79.6 cm³/mol. The number of hydrogen-bond acceptors (Lipinski definition) is 3. The molecule has 2 N–H and O–H groups in total. The molecule has 0 fully saturated rings. The number of methoxy groups -OCH3 is 1. The van der Waals surface area contributed by atoms with Gasteiger partial charge in [-0.2, -0.15) is 0 Å². The lowest BCUT2D eigenvalue weighted by Gasteiger charge is -2.24. The van der Waals surface area contributed by atoms with Crippen molar-refractivity contribution in [1.29, 1.82) is 0 Å². The summed E-state index contributed by atoms with van der Waals surface area (Å²) in [5, 5.41) is 13.9. The van der Waals surface area contributed by atoms with E-state index in [-0.39, 0.29) is 6.04 Å². The number of rotatable bonds is 7. The molecule has 1 rings (SSSR count). The Kier molecular flexibility index (Phi) is 6.49. The first kappa shape index (κ1) is 16.2. The van der Waals surface area contributed by atoms with Crippen LogP contribution in [0.15, 0.2) is 12.1 Å². The predicted octanol–water partition coefficient (Wildman–Crippen LogP) is 2.66. The molecule has 108 valence electrons. The van der Waals surface area contributed by atoms with Gasteiger partial charge in [-0.25, -0.2) is 0 Å². The lowest BCUT2D eigenvalue weighted by molar-refractivity contribution is 0.131. The van der Waals surface area contributed by atoms with E-state index in [9.17, 15) is 5.11 Å². The van der Waals surface area contributed by atoms with Crippen LogP contribution in [0, 0.1) is 20.8 Å². The minimum atomic E-state index is -0.469. The first-order valence-corrected chi connectivity index (χ1v) is 6.95. The van der Waals surface area contributed by atoms with Crippen LogP contribution in [0.4, 0.5) is 0 Å². The van der Waals surface area contributed by atoms with Gasteiger partial charge in [-0.05, 0) is 57.4 Å². The molecule has 0 aliphatic rings. The highest BCUT2D eigenvalue weighted by Crippen LogP contribution is 2.25. The van der Waals surface area contributed by atoms with Crippen LogP contribution in [-0.2, 0) is 4.74 Å². The Morgan fingerprint density at radius 1 is 1.21 bits per heavy atom. The van der Waals surface area contributed by atoms with Gasteiger partial charge in [-0.3, -0.25) is 0 Å². The van der Waals surface area contributed by atoms with E-state index in [1.807, 2.05) is 6.92 Å². The highest BCUT2D eigenvalue weighted by atomic mass is 16.5. The van der Waals surface area contributed by atoms with Crippen molar-refractivity contribution in [3.05, 3.63) is 34.4 Å². The number of ether oxygens (including phenoxy) is 1. The van der Waals surface area contributed by atoms with Gasteiger partial charge < -0.3 is 15.2 Å². The van der Waals surface area contributed by atoms with Crippen LogP contribution >= 0.6 is 0 Å². The Hall–Kier alpha value is -0.900. The number of hydrogen-bond donors (Lipinski definition) is 2. The van der Waals surface area contributed by atoms with Crippen molar-refractivity contribution >= 4 is 0 Å². The van der Waals surface area contributed by atoms with Gasteiger partial charge >= 0.3 is 0 Å². The fraction of sp³-hybridized carbons (Fsp3) is 0.625. The summed E-state index contributed by atoms with van der Waals surface area (Å²) in [6, 6.07) is 4.30. The largest absolute Gasteiger partial charge is 0.387 e. The van der Waals surface area contributed by atoms with Crippen molar-refractivity contribution in [2.24, 2.45) is 0 Å². The summed E-state index contributed by atoms with van der Waals surface area (Å²) >= 11 is 0. The van der Waals surface area contributed by atoms with Crippen molar-refractivity contribution in [3.63, 3.8) is 0 Å². The van der Waals surface area contributed by atoms with Gasteiger partial charge in [0.05, 0.1) is 6.10 Å². The summed E-state index contributed by atoms with van der Waals surface area (Å²) in [5.74, 6) is 0. The quantitative estimate of drug-likeness (QED) is 0.745. The van der Waals surface area contributed by atoms with E-state index in [1.165, 1.54) is 5.56 Å². The van der Waals surface area contributed by atoms with Crippen LogP contribution in [0.2, 0.25) is 0 Å². The molecule has 0 saturated heterocycles. The average molecular weight is 265 g/mol. The van der Waals surface area contributed by atoms with Crippen molar-refractivity contribution in [2.75, 3.05) is 20.3 Å². The Balaban J connectivity index is 2.69. The van der Waals surface area contributed by atoms with Crippen molar-refractivity contribution in [2.45, 2.75) is 46.3 Å². The maximum absolute atomic E-state index is 10.5. The fourth-order valence-corrected chi connectivity index (χ4v) is 2.57. The van der Waals surface area contributed by atoms with Gasteiger partial charge in [-0.1, -0.05) is 17.7 Å². The summed E-state index contributed by atoms with van der Waals surface area (Å²) in [7, 11) is 1.71. The minimum absolute atomic E-state index is 0.0389. The molecule has 0 spiro atoms. The second-order valence-corrected chi connectivity index (χ2v) is 5.35. The normalized spacial score (nSPS) is 14.4. The molecule has 3 heteroatoms. The van der Waals surface area contributed by atoms with Gasteiger partial charge in [0.2, 0.25) is 0 Å². The maximum atomic E-state index is 10.5. The topological polar surface area (TPSA) is 41.5 Å². The lowest BCUT2D eigenvalue weighted by Crippen LogP contribution is -2.34. The summed E-state index contributed by atoms with van der Waals surface area (Å²) in [4.78, 5) is 0. The number of nitrogens with one attached hydrogen (secondary N) is 1. The summed E-state index contributed by atoms with van der Waals surface area (Å²) in [6.45, 7) is 9.85. The number of aryl methyl sites for hydroxylation is 3. The van der Waals surface area contributed by atoms with Crippen LogP contribution < -0.4 is 5.32 Å². The monoisotopic (exact) mass is 265 g/mol. The molecule has 0 amide bonds. The highest BCUT2D eigenvalue weighted by Gasteiger charge is 2.19. The first-order chi connectivity index (χ1) is 8.97. The Morgan fingerprint density at radius 2 is 1.79 bits per heavy atom. The summed E-state index contributed by atoms with van der Waals surface area (Å²) in [5.41, 5.74) is 4.62. The zero-order valence-electron chi connectivity index (χ0n) is 12.8. The molecule has 0 heterocycles. The van der Waals surface area contributed by atoms with Gasteiger partial charge in [0.25, 0.3) is 0 Å². The molecular weight excluding hydrogens is 238 g/mol. The Bertz CT molecular complexity index is 381. The van der Waals surface area contributed by atoms with Crippen LogP contribution in [0.1, 0.15) is 41.7 Å². The van der Waals surface area contributed by atoms with E-state index in [1.54, 1.807) is 7.11 Å². The third-order valence-electron chi connectivity index (χ3n) is 3.50. The molecule has 0 radical (unpaired) electrons. The molecule has 0 aromatic heterocycles. The molecule has 1 aromatic rings. The summed E-state index contributed by atoms with van der Waals surface area (Å²) < 4.78 is 5.02. The van der Waals surface area contributed by atoms with Crippen molar-refractivity contribution in [1.82, 2.24) is 5.32 Å². The second kappa shape index (κ2) is 7.63. The molecule has 3 nitrogen and oxygen atoms in total. The molecule has 0 saturated carbocycles. The zero-order valence-corrected chi connectivity index (χ0v) is 12.8. The number of benzene rings is 1. The molecule has 0 aliphatic carbocycles. The molecule has 0 bridgehead atoms. The maximum Gasteiger partial charge on any atom is 0.0945 e. The second-order valence-electron chi connectivity index (χ2n) is 5.35. The molecule has 0 aliphatic heterocycles. The Labute approximate surface area is 117 Å². The van der Waals surface area contributed by atoms with E-state index in [0.29, 0.717) is 0 Å². The van der Waals surface area contributed by atoms with Crippen LogP contribution in [0.25, 0.3) is 0 Å². The van der Waals surface area contributed by atoms with Crippen molar-refractivity contribution in [3.8, 4) is 0 Å². The van der Waals surface area contributed by atoms with Gasteiger partial charge in [-0.15, -0.1) is 0 Å². The van der Waals surface area contributed by atoms with Gasteiger partial charge in [0, 0.05) is 19.8 Å². The number of aliphatic hydroxyl groups excluding tert-OH is 1. The lowest BCUT2D eigenvalue weighted by atomic mass is 9.92. The smallest absolute Gasteiger partial charge is 0.0945 e. The third-order valence-corrected chi connectivity index (χ3v) is 3.50. The molecule has 2 unspecified atom stereocenters. The number of aliphatic hydroxyl groups is 1. The van der Waals surface area contributed by atoms with Crippen LogP contribution in [0.5, 0.6) is 0 Å². The molecule has 1 aromatic carbocycles.